The van der Waals surface area contributed by atoms with Crippen molar-refractivity contribution in [2.24, 2.45) is 5.92 Å². The van der Waals surface area contributed by atoms with Crippen molar-refractivity contribution in [1.29, 1.82) is 0 Å². The predicted octanol–water partition coefficient (Wildman–Crippen LogP) is 3.24. The van der Waals surface area contributed by atoms with Crippen molar-refractivity contribution >= 4 is 52.2 Å². The summed E-state index contributed by atoms with van der Waals surface area (Å²) in [6, 6.07) is 0. The highest BCUT2D eigenvalue weighted by molar-refractivity contribution is 6.52. The van der Waals surface area contributed by atoms with E-state index in [0.717, 1.165) is 0 Å². The van der Waals surface area contributed by atoms with Crippen LogP contribution in [0.15, 0.2) is 10.1 Å². The lowest BCUT2D eigenvalue weighted by atomic mass is 9.88. The second-order valence-electron chi connectivity index (χ2n) is 4.53. The van der Waals surface area contributed by atoms with Crippen LogP contribution < -0.4 is 0 Å². The number of Topliss-reactive ketones (excluding diaryl/α,β-unsaturated/α-hetero) is 1. The van der Waals surface area contributed by atoms with E-state index in [4.69, 9.17) is 55.9 Å². The Bertz CT molecular complexity index is 446. The molecular formula is C11H12Cl4O3. The van der Waals surface area contributed by atoms with E-state index in [1.165, 1.54) is 21.1 Å². The molecule has 1 fully saturated rings. The van der Waals surface area contributed by atoms with Gasteiger partial charge >= 0.3 is 0 Å². The van der Waals surface area contributed by atoms with Crippen molar-refractivity contribution < 1.29 is 14.3 Å². The first-order valence-corrected chi connectivity index (χ1v) is 6.79. The summed E-state index contributed by atoms with van der Waals surface area (Å²) in [6.45, 7) is 1.43. The molecule has 18 heavy (non-hydrogen) atoms. The van der Waals surface area contributed by atoms with Gasteiger partial charge in [0.15, 0.2) is 0 Å². The molecule has 3 atom stereocenters. The van der Waals surface area contributed by atoms with Crippen molar-refractivity contribution in [3.05, 3.63) is 10.1 Å². The molecule has 0 heterocycles. The van der Waals surface area contributed by atoms with Gasteiger partial charge in [0, 0.05) is 20.1 Å². The van der Waals surface area contributed by atoms with E-state index in [-0.39, 0.29) is 22.3 Å². The molecule has 0 aromatic carbocycles. The van der Waals surface area contributed by atoms with Gasteiger partial charge < -0.3 is 9.47 Å². The van der Waals surface area contributed by atoms with Gasteiger partial charge in [0.1, 0.15) is 15.5 Å². The minimum atomic E-state index is -1.45. The molecule has 3 nitrogen and oxygen atoms in total. The molecule has 0 amide bonds. The second-order valence-corrected chi connectivity index (χ2v) is 6.53. The van der Waals surface area contributed by atoms with Gasteiger partial charge in [-0.2, -0.15) is 0 Å². The van der Waals surface area contributed by atoms with Gasteiger partial charge in [-0.15, -0.1) is 23.2 Å². The average Bonchev–Trinajstić information content (AvgIpc) is 2.60. The van der Waals surface area contributed by atoms with Crippen LogP contribution in [-0.4, -0.2) is 35.5 Å². The largest absolute Gasteiger partial charge is 0.350 e. The van der Waals surface area contributed by atoms with Crippen LogP contribution in [0.2, 0.25) is 0 Å². The minimum absolute atomic E-state index is 0.121. The molecular weight excluding hydrogens is 322 g/mol. The van der Waals surface area contributed by atoms with Crippen LogP contribution in [0.25, 0.3) is 0 Å². The molecule has 0 aromatic rings. The second kappa shape index (κ2) is 4.24. The molecule has 0 saturated heterocycles. The third-order valence-corrected chi connectivity index (χ3v) is 6.47. The van der Waals surface area contributed by atoms with Crippen molar-refractivity contribution in [3.8, 4) is 0 Å². The van der Waals surface area contributed by atoms with E-state index in [1.54, 1.807) is 0 Å². The molecule has 0 aromatic heterocycles. The monoisotopic (exact) mass is 332 g/mol. The summed E-state index contributed by atoms with van der Waals surface area (Å²) >= 11 is 25.5. The lowest BCUT2D eigenvalue weighted by molar-refractivity contribution is -0.218. The Kier molecular flexibility index (Phi) is 3.51. The molecule has 2 rings (SSSR count). The van der Waals surface area contributed by atoms with Crippen molar-refractivity contribution in [2.45, 2.75) is 28.9 Å². The zero-order chi connectivity index (χ0) is 13.9. The molecule has 2 aliphatic carbocycles. The van der Waals surface area contributed by atoms with Crippen LogP contribution in [0.3, 0.4) is 0 Å². The fourth-order valence-electron chi connectivity index (χ4n) is 3.07. The Morgan fingerprint density at radius 3 is 2.06 bits per heavy atom. The summed E-state index contributed by atoms with van der Waals surface area (Å²) in [4.78, 5) is 9.15. The maximum Gasteiger partial charge on any atom is 0.217 e. The molecule has 1 saturated carbocycles. The number of fused-ring (bicyclic) bond motifs is 2. The zero-order valence-electron chi connectivity index (χ0n) is 10.0. The number of hydrogen-bond donors (Lipinski definition) is 0. The third kappa shape index (κ3) is 1.28. The van der Waals surface area contributed by atoms with Crippen molar-refractivity contribution in [2.75, 3.05) is 14.2 Å². The highest BCUT2D eigenvalue weighted by Crippen LogP contribution is 2.71. The summed E-state index contributed by atoms with van der Waals surface area (Å²) in [5, 5.41) is 0.304. The average molecular weight is 334 g/mol. The van der Waals surface area contributed by atoms with Crippen LogP contribution in [-0.2, 0) is 14.3 Å². The van der Waals surface area contributed by atoms with Gasteiger partial charge in [-0.1, -0.05) is 23.2 Å². The van der Waals surface area contributed by atoms with Gasteiger partial charge in [0.25, 0.3) is 0 Å². The van der Waals surface area contributed by atoms with E-state index in [0.29, 0.717) is 0 Å². The number of carbonyl (C=O) groups excluding carboxylic acids is 1. The van der Waals surface area contributed by atoms with Gasteiger partial charge in [-0.25, -0.2) is 0 Å². The molecule has 102 valence electrons. The molecule has 0 spiro atoms. The Morgan fingerprint density at radius 1 is 1.22 bits per heavy atom. The van der Waals surface area contributed by atoms with Gasteiger partial charge in [-0.05, 0) is 13.3 Å². The number of methoxy groups -OCH3 is 2. The number of carbonyl (C=O) groups is 1. The quantitative estimate of drug-likeness (QED) is 0.587. The van der Waals surface area contributed by atoms with Crippen LogP contribution >= 0.6 is 46.4 Å². The Hall–Kier alpha value is 0.490. The SMILES string of the molecule is COC1(OC)[C@]2(Cl)C[C@@H](C(C)=O)[C@@]1(Cl)C(Cl)=C2Cl. The number of ketones is 1. The fraction of sp³-hybridized carbons (Fsp3) is 0.727. The Morgan fingerprint density at radius 2 is 1.72 bits per heavy atom. The smallest absolute Gasteiger partial charge is 0.217 e. The van der Waals surface area contributed by atoms with Gasteiger partial charge in [0.05, 0.1) is 10.1 Å². The molecule has 0 radical (unpaired) electrons. The number of ether oxygens (including phenoxy) is 2. The number of alkyl halides is 2. The summed E-state index contributed by atoms with van der Waals surface area (Å²) in [5.41, 5.74) is 0. The Labute approximate surface area is 125 Å². The first-order valence-electron chi connectivity index (χ1n) is 5.27. The predicted molar refractivity (Wildman–Crippen MR) is 71.4 cm³/mol. The normalized spacial score (nSPS) is 41.6. The number of rotatable bonds is 3. The van der Waals surface area contributed by atoms with Gasteiger partial charge in [-0.3, -0.25) is 4.79 Å². The Balaban J connectivity index is 2.73. The lowest BCUT2D eigenvalue weighted by Gasteiger charge is -2.40. The van der Waals surface area contributed by atoms with Crippen LogP contribution in [0.5, 0.6) is 0 Å². The highest BCUT2D eigenvalue weighted by Gasteiger charge is 2.81. The highest BCUT2D eigenvalue weighted by atomic mass is 35.5. The standard InChI is InChI=1S/C11H12Cl4O3/c1-5(16)6-4-9(14)7(12)8(13)10(6,15)11(9,17-2)18-3/h6H,4H2,1-3H3/t6-,9-,10+/m0/s1. The molecule has 2 aliphatic rings. The molecule has 0 N–H and O–H groups in total. The van der Waals surface area contributed by atoms with E-state index >= 15 is 0 Å². The van der Waals surface area contributed by atoms with E-state index in [2.05, 4.69) is 0 Å². The van der Waals surface area contributed by atoms with Crippen molar-refractivity contribution in [1.82, 2.24) is 0 Å². The van der Waals surface area contributed by atoms with Crippen LogP contribution in [0, 0.1) is 5.92 Å². The fourth-order valence-corrected chi connectivity index (χ4v) is 5.17. The molecule has 7 heteroatoms. The van der Waals surface area contributed by atoms with E-state index in [9.17, 15) is 4.79 Å². The minimum Gasteiger partial charge on any atom is -0.350 e. The summed E-state index contributed by atoms with van der Waals surface area (Å²) in [6.07, 6.45) is 0.226. The van der Waals surface area contributed by atoms with E-state index < -0.39 is 21.5 Å². The number of hydrogen-bond acceptors (Lipinski definition) is 3. The van der Waals surface area contributed by atoms with Crippen molar-refractivity contribution in [3.63, 3.8) is 0 Å². The van der Waals surface area contributed by atoms with Crippen LogP contribution in [0.4, 0.5) is 0 Å². The maximum atomic E-state index is 11.8. The number of halogens is 4. The first-order chi connectivity index (χ1) is 8.23. The summed E-state index contributed by atoms with van der Waals surface area (Å²) in [5.74, 6) is -2.19. The third-order valence-electron chi connectivity index (χ3n) is 3.89. The zero-order valence-corrected chi connectivity index (χ0v) is 13.0. The summed E-state index contributed by atoms with van der Waals surface area (Å²) in [7, 11) is 2.81. The molecule has 2 bridgehead atoms. The maximum absolute atomic E-state index is 11.8. The summed E-state index contributed by atoms with van der Waals surface area (Å²) < 4.78 is 10.8. The lowest BCUT2D eigenvalue weighted by Crippen LogP contribution is -2.57. The van der Waals surface area contributed by atoms with Crippen LogP contribution in [0.1, 0.15) is 13.3 Å². The van der Waals surface area contributed by atoms with E-state index in [1.807, 2.05) is 0 Å². The molecule has 0 aliphatic heterocycles. The first kappa shape index (κ1) is 14.9. The topological polar surface area (TPSA) is 35.5 Å². The molecule has 0 unspecified atom stereocenters. The van der Waals surface area contributed by atoms with Gasteiger partial charge in [0.2, 0.25) is 5.79 Å².